The zero-order chi connectivity index (χ0) is 20.1. The molecule has 4 rings (SSSR count). The minimum atomic E-state index is -0.299. The molecule has 5 heteroatoms. The van der Waals surface area contributed by atoms with Gasteiger partial charge in [0.15, 0.2) is 5.13 Å². The first-order valence-corrected chi connectivity index (χ1v) is 10.2. The van der Waals surface area contributed by atoms with E-state index in [2.05, 4.69) is 17.1 Å². The predicted molar refractivity (Wildman–Crippen MR) is 118 cm³/mol. The minimum Gasteiger partial charge on any atom is -0.284 e. The van der Waals surface area contributed by atoms with Crippen LogP contribution in [0.25, 0.3) is 16.3 Å². The van der Waals surface area contributed by atoms with Gasteiger partial charge in [0.05, 0.1) is 10.2 Å². The number of hydrogen-bond donors (Lipinski definition) is 0. The van der Waals surface area contributed by atoms with E-state index in [-0.39, 0.29) is 11.7 Å². The molecule has 3 nitrogen and oxygen atoms in total. The van der Waals surface area contributed by atoms with Gasteiger partial charge < -0.3 is 0 Å². The number of rotatable bonds is 6. The maximum atomic E-state index is 13.1. The van der Waals surface area contributed by atoms with E-state index in [4.69, 9.17) is 0 Å². The number of para-hydroxylation sites is 1. The number of carbonyl (C=O) groups is 1. The van der Waals surface area contributed by atoms with E-state index in [1.165, 1.54) is 29.5 Å². The molecule has 0 unspecified atom stereocenters. The van der Waals surface area contributed by atoms with Gasteiger partial charge in [-0.2, -0.15) is 0 Å². The van der Waals surface area contributed by atoms with Crippen LogP contribution in [-0.4, -0.2) is 17.4 Å². The second-order valence-electron chi connectivity index (χ2n) is 6.57. The van der Waals surface area contributed by atoms with Crippen molar-refractivity contribution in [1.82, 2.24) is 4.98 Å². The van der Waals surface area contributed by atoms with E-state index in [0.29, 0.717) is 11.7 Å². The third-order valence-corrected chi connectivity index (χ3v) is 5.59. The Morgan fingerprint density at radius 2 is 1.69 bits per heavy atom. The van der Waals surface area contributed by atoms with Crippen LogP contribution in [0.3, 0.4) is 0 Å². The maximum absolute atomic E-state index is 13.1. The van der Waals surface area contributed by atoms with Crippen LogP contribution in [0, 0.1) is 5.82 Å². The lowest BCUT2D eigenvalue weighted by atomic mass is 10.1. The van der Waals surface area contributed by atoms with Crippen molar-refractivity contribution in [2.24, 2.45) is 0 Å². The Morgan fingerprint density at radius 1 is 0.966 bits per heavy atom. The smallest absolute Gasteiger partial charge is 0.252 e. The summed E-state index contributed by atoms with van der Waals surface area (Å²) in [6.07, 6.45) is 3.95. The maximum Gasteiger partial charge on any atom is 0.252 e. The summed E-state index contributed by atoms with van der Waals surface area (Å²) >= 11 is 1.50. The third-order valence-electron chi connectivity index (χ3n) is 4.53. The Morgan fingerprint density at radius 3 is 2.45 bits per heavy atom. The SMILES string of the molecule is O=C(/C=C/c1ccc(F)cc1)N(CCc1ccccc1)c1nc2ccccc2s1. The number of halogens is 1. The standard InChI is InChI=1S/C24H19FN2OS/c25-20-13-10-19(11-14-20)12-15-23(28)27(17-16-18-6-2-1-3-7-18)24-26-21-8-4-5-9-22(21)29-24/h1-15H,16-17H2/b15-12+. The van der Waals surface area contributed by atoms with Crippen LogP contribution in [0.2, 0.25) is 0 Å². The van der Waals surface area contributed by atoms with Gasteiger partial charge in [0.1, 0.15) is 5.82 Å². The fourth-order valence-corrected chi connectivity index (χ4v) is 3.99. The summed E-state index contributed by atoms with van der Waals surface area (Å²) in [5, 5.41) is 0.677. The molecule has 1 heterocycles. The molecule has 0 radical (unpaired) electrons. The van der Waals surface area contributed by atoms with E-state index < -0.39 is 0 Å². The highest BCUT2D eigenvalue weighted by Crippen LogP contribution is 2.29. The lowest BCUT2D eigenvalue weighted by molar-refractivity contribution is -0.114. The highest BCUT2D eigenvalue weighted by Gasteiger charge is 2.17. The van der Waals surface area contributed by atoms with E-state index >= 15 is 0 Å². The number of hydrogen-bond acceptors (Lipinski definition) is 3. The molecule has 0 aliphatic heterocycles. The fourth-order valence-electron chi connectivity index (χ4n) is 2.99. The molecule has 3 aromatic carbocycles. The van der Waals surface area contributed by atoms with Crippen LogP contribution in [0.15, 0.2) is 84.9 Å². The van der Waals surface area contributed by atoms with Gasteiger partial charge in [-0.15, -0.1) is 0 Å². The lowest BCUT2D eigenvalue weighted by Gasteiger charge is -2.18. The molecule has 0 aliphatic carbocycles. The van der Waals surface area contributed by atoms with Crippen molar-refractivity contribution in [3.63, 3.8) is 0 Å². The van der Waals surface area contributed by atoms with Gasteiger partial charge in [-0.25, -0.2) is 9.37 Å². The number of thiazole rings is 1. The lowest BCUT2D eigenvalue weighted by Crippen LogP contribution is -2.31. The summed E-state index contributed by atoms with van der Waals surface area (Å²) in [5.41, 5.74) is 2.81. The van der Waals surface area contributed by atoms with Crippen LogP contribution < -0.4 is 4.90 Å². The molecule has 0 N–H and O–H groups in total. The van der Waals surface area contributed by atoms with Gasteiger partial charge in [-0.05, 0) is 47.9 Å². The number of anilines is 1. The molecule has 0 atom stereocenters. The average molecular weight is 402 g/mol. The highest BCUT2D eigenvalue weighted by molar-refractivity contribution is 7.22. The monoisotopic (exact) mass is 402 g/mol. The molecule has 0 fully saturated rings. The highest BCUT2D eigenvalue weighted by atomic mass is 32.1. The van der Waals surface area contributed by atoms with Crippen molar-refractivity contribution in [3.8, 4) is 0 Å². The normalized spacial score (nSPS) is 11.2. The van der Waals surface area contributed by atoms with E-state index in [1.807, 2.05) is 42.5 Å². The summed E-state index contributed by atoms with van der Waals surface area (Å²) in [5.74, 6) is -0.447. The molecule has 0 saturated heterocycles. The summed E-state index contributed by atoms with van der Waals surface area (Å²) in [6, 6.07) is 24.0. The summed E-state index contributed by atoms with van der Waals surface area (Å²) < 4.78 is 14.1. The van der Waals surface area contributed by atoms with Crippen LogP contribution in [-0.2, 0) is 11.2 Å². The summed E-state index contributed by atoms with van der Waals surface area (Å²) in [6.45, 7) is 0.524. The number of benzene rings is 3. The molecular formula is C24H19FN2OS. The number of amides is 1. The van der Waals surface area contributed by atoms with Crippen molar-refractivity contribution >= 4 is 38.7 Å². The van der Waals surface area contributed by atoms with Crippen molar-refractivity contribution in [1.29, 1.82) is 0 Å². The zero-order valence-corrected chi connectivity index (χ0v) is 16.5. The molecule has 144 valence electrons. The Balaban J connectivity index is 1.59. The minimum absolute atomic E-state index is 0.149. The number of fused-ring (bicyclic) bond motifs is 1. The number of carbonyl (C=O) groups excluding carboxylic acids is 1. The summed E-state index contributed by atoms with van der Waals surface area (Å²) in [4.78, 5) is 19.4. The molecule has 1 amide bonds. The van der Waals surface area contributed by atoms with Gasteiger partial charge in [0.2, 0.25) is 0 Å². The Labute approximate surface area is 172 Å². The first-order valence-electron chi connectivity index (χ1n) is 9.34. The molecule has 0 bridgehead atoms. The first-order chi connectivity index (χ1) is 14.2. The molecule has 0 spiro atoms. The first kappa shape index (κ1) is 19.0. The Hall–Kier alpha value is -3.31. The molecule has 29 heavy (non-hydrogen) atoms. The van der Waals surface area contributed by atoms with Gasteiger partial charge in [0, 0.05) is 12.6 Å². The van der Waals surface area contributed by atoms with E-state index in [0.717, 1.165) is 27.8 Å². The van der Waals surface area contributed by atoms with Crippen LogP contribution in [0.5, 0.6) is 0 Å². The second-order valence-corrected chi connectivity index (χ2v) is 7.58. The predicted octanol–water partition coefficient (Wildman–Crippen LogP) is 5.72. The molecule has 0 aliphatic rings. The van der Waals surface area contributed by atoms with Crippen LogP contribution >= 0.6 is 11.3 Å². The van der Waals surface area contributed by atoms with Gasteiger partial charge in [-0.3, -0.25) is 9.69 Å². The van der Waals surface area contributed by atoms with E-state index in [1.54, 1.807) is 23.1 Å². The van der Waals surface area contributed by atoms with Crippen LogP contribution in [0.4, 0.5) is 9.52 Å². The zero-order valence-electron chi connectivity index (χ0n) is 15.7. The van der Waals surface area contributed by atoms with Gasteiger partial charge >= 0.3 is 0 Å². The Bertz CT molecular complexity index is 1100. The number of nitrogens with zero attached hydrogens (tertiary/aromatic N) is 2. The van der Waals surface area contributed by atoms with Crippen molar-refractivity contribution in [3.05, 3.63) is 102 Å². The van der Waals surface area contributed by atoms with Gasteiger partial charge in [-0.1, -0.05) is 65.9 Å². The van der Waals surface area contributed by atoms with Crippen molar-refractivity contribution in [2.75, 3.05) is 11.4 Å². The van der Waals surface area contributed by atoms with Crippen molar-refractivity contribution < 1.29 is 9.18 Å². The molecule has 1 aromatic heterocycles. The number of aromatic nitrogens is 1. The van der Waals surface area contributed by atoms with Gasteiger partial charge in [0.25, 0.3) is 5.91 Å². The summed E-state index contributed by atoms with van der Waals surface area (Å²) in [7, 11) is 0. The molecular weight excluding hydrogens is 383 g/mol. The largest absolute Gasteiger partial charge is 0.284 e. The van der Waals surface area contributed by atoms with Crippen LogP contribution in [0.1, 0.15) is 11.1 Å². The van der Waals surface area contributed by atoms with Crippen molar-refractivity contribution in [2.45, 2.75) is 6.42 Å². The fraction of sp³-hybridized carbons (Fsp3) is 0.0833. The Kier molecular flexibility index (Phi) is 5.77. The topological polar surface area (TPSA) is 33.2 Å². The second kappa shape index (κ2) is 8.80. The molecule has 0 saturated carbocycles. The molecule has 4 aromatic rings. The van der Waals surface area contributed by atoms with E-state index in [9.17, 15) is 9.18 Å². The quantitative estimate of drug-likeness (QED) is 0.386. The average Bonchev–Trinajstić information content (AvgIpc) is 3.18. The third kappa shape index (κ3) is 4.76.